The Morgan fingerprint density at radius 3 is 3.14 bits per heavy atom. The molecule has 1 fully saturated rings. The van der Waals surface area contributed by atoms with E-state index in [0.29, 0.717) is 30.0 Å². The van der Waals surface area contributed by atoms with Crippen LogP contribution in [0.4, 0.5) is 10.2 Å². The van der Waals surface area contributed by atoms with E-state index in [0.717, 1.165) is 12.6 Å². The van der Waals surface area contributed by atoms with Crippen LogP contribution in [0.5, 0.6) is 0 Å². The molecule has 1 atom stereocenters. The van der Waals surface area contributed by atoms with Gasteiger partial charge in [0.15, 0.2) is 5.65 Å². The number of nitrogens with one attached hydrogen (secondary N) is 1. The van der Waals surface area contributed by atoms with Gasteiger partial charge in [-0.25, -0.2) is 18.7 Å². The van der Waals surface area contributed by atoms with Crippen LogP contribution in [0.3, 0.4) is 0 Å². The van der Waals surface area contributed by atoms with Crippen LogP contribution in [0.15, 0.2) is 35.5 Å². The lowest BCUT2D eigenvalue weighted by Crippen LogP contribution is -2.28. The van der Waals surface area contributed by atoms with Gasteiger partial charge in [-0.2, -0.15) is 5.10 Å². The molecule has 3 aromatic heterocycles. The van der Waals surface area contributed by atoms with Gasteiger partial charge in [-0.1, -0.05) is 0 Å². The molecular weight excluding hydrogens is 389 g/mol. The normalized spacial score (nSPS) is 16.6. The lowest BCUT2D eigenvalue weighted by atomic mass is 10.1. The van der Waals surface area contributed by atoms with Gasteiger partial charge in [-0.3, -0.25) is 4.79 Å². The van der Waals surface area contributed by atoms with Crippen LogP contribution < -0.4 is 10.5 Å². The Morgan fingerprint density at radius 2 is 2.32 bits per heavy atom. The number of H-pyrrole nitrogens is 1. The van der Waals surface area contributed by atoms with Crippen LogP contribution in [0, 0.1) is 5.82 Å². The third kappa shape index (κ3) is 3.33. The Hall–Kier alpha value is -2.94. The fourth-order valence-electron chi connectivity index (χ4n) is 3.46. The summed E-state index contributed by atoms with van der Waals surface area (Å²) in [6.45, 7) is 0.748. The van der Waals surface area contributed by atoms with E-state index in [1.807, 2.05) is 4.90 Å². The molecule has 146 valence electrons. The van der Waals surface area contributed by atoms with Crippen LogP contribution in [-0.4, -0.2) is 44.6 Å². The lowest BCUT2D eigenvalue weighted by Gasteiger charge is -2.25. The third-order valence-corrected chi connectivity index (χ3v) is 4.84. The van der Waals surface area contributed by atoms with Gasteiger partial charge in [0, 0.05) is 24.5 Å². The molecule has 0 aromatic carbocycles. The van der Waals surface area contributed by atoms with Crippen molar-refractivity contribution in [3.05, 3.63) is 58.0 Å². The highest BCUT2D eigenvalue weighted by atomic mass is 35.5. The SMILES string of the molecule is O=C(OCCCl)c1cnn2ccc(N3CCC[C@@H]3c3cc(F)c[nH]c3=O)nc12. The van der Waals surface area contributed by atoms with E-state index < -0.39 is 11.8 Å². The van der Waals surface area contributed by atoms with Gasteiger partial charge in [0.25, 0.3) is 5.56 Å². The number of pyridine rings is 1. The number of esters is 1. The summed E-state index contributed by atoms with van der Waals surface area (Å²) in [5.74, 6) is -0.281. The van der Waals surface area contributed by atoms with E-state index in [4.69, 9.17) is 16.3 Å². The van der Waals surface area contributed by atoms with Crippen molar-refractivity contribution < 1.29 is 13.9 Å². The minimum Gasteiger partial charge on any atom is -0.461 e. The van der Waals surface area contributed by atoms with E-state index in [2.05, 4.69) is 15.1 Å². The molecule has 4 rings (SSSR count). The van der Waals surface area contributed by atoms with Gasteiger partial charge < -0.3 is 14.6 Å². The topological polar surface area (TPSA) is 92.6 Å². The van der Waals surface area contributed by atoms with Crippen LogP contribution >= 0.6 is 11.6 Å². The highest BCUT2D eigenvalue weighted by molar-refractivity contribution is 6.18. The van der Waals surface area contributed by atoms with Crippen molar-refractivity contribution in [3.63, 3.8) is 0 Å². The molecule has 8 nitrogen and oxygen atoms in total. The van der Waals surface area contributed by atoms with Crippen molar-refractivity contribution in [1.82, 2.24) is 19.6 Å². The van der Waals surface area contributed by atoms with Crippen molar-refractivity contribution in [2.75, 3.05) is 23.9 Å². The number of carbonyl (C=O) groups is 1. The number of rotatable bonds is 5. The van der Waals surface area contributed by atoms with Crippen molar-refractivity contribution in [1.29, 1.82) is 0 Å². The lowest BCUT2D eigenvalue weighted by molar-refractivity contribution is 0.0531. The van der Waals surface area contributed by atoms with E-state index in [9.17, 15) is 14.0 Å². The maximum atomic E-state index is 13.7. The molecule has 1 saturated heterocycles. The summed E-state index contributed by atoms with van der Waals surface area (Å²) in [7, 11) is 0. The molecular formula is C18H17ClFN5O3. The smallest absolute Gasteiger partial charge is 0.343 e. The van der Waals surface area contributed by atoms with Gasteiger partial charge in [-0.15, -0.1) is 11.6 Å². The minimum atomic E-state index is -0.556. The van der Waals surface area contributed by atoms with Gasteiger partial charge in [0.1, 0.15) is 23.8 Å². The highest BCUT2D eigenvalue weighted by Gasteiger charge is 2.30. The Labute approximate surface area is 163 Å². The zero-order chi connectivity index (χ0) is 19.7. The summed E-state index contributed by atoms with van der Waals surface area (Å²) in [6, 6.07) is 2.71. The first-order valence-corrected chi connectivity index (χ1v) is 9.34. The number of carbonyl (C=O) groups excluding carboxylic acids is 1. The number of aromatic amines is 1. The number of nitrogens with zero attached hydrogens (tertiary/aromatic N) is 4. The standard InChI is InChI=1S/C18H17ClFN5O3/c19-4-7-28-18(27)13-10-22-25-6-3-15(23-16(13)25)24-5-1-2-14(24)12-8-11(20)9-21-17(12)26/h3,6,8-10,14H,1-2,4-5,7H2,(H,21,26)/t14-/m1/s1. The summed E-state index contributed by atoms with van der Waals surface area (Å²) in [6.07, 6.45) is 5.64. The molecule has 0 spiro atoms. The molecule has 1 aliphatic heterocycles. The Balaban J connectivity index is 1.71. The van der Waals surface area contributed by atoms with Gasteiger partial charge in [0.05, 0.1) is 18.1 Å². The van der Waals surface area contributed by atoms with Gasteiger partial charge in [0.2, 0.25) is 0 Å². The zero-order valence-electron chi connectivity index (χ0n) is 14.8. The van der Waals surface area contributed by atoms with Crippen molar-refractivity contribution in [3.8, 4) is 0 Å². The summed E-state index contributed by atoms with van der Waals surface area (Å²) in [5, 5.41) is 4.12. The second kappa shape index (κ2) is 7.59. The minimum absolute atomic E-state index is 0.0912. The summed E-state index contributed by atoms with van der Waals surface area (Å²) in [4.78, 5) is 33.3. The maximum absolute atomic E-state index is 13.7. The molecule has 0 bridgehead atoms. The number of anilines is 1. The van der Waals surface area contributed by atoms with Crippen LogP contribution in [0.25, 0.3) is 5.65 Å². The molecule has 0 aliphatic carbocycles. The second-order valence-electron chi connectivity index (χ2n) is 6.39. The molecule has 0 amide bonds. The molecule has 0 radical (unpaired) electrons. The van der Waals surface area contributed by atoms with E-state index in [-0.39, 0.29) is 29.7 Å². The van der Waals surface area contributed by atoms with E-state index >= 15 is 0 Å². The fourth-order valence-corrected chi connectivity index (χ4v) is 3.53. The largest absolute Gasteiger partial charge is 0.461 e. The molecule has 1 aliphatic rings. The first kappa shape index (κ1) is 18.4. The number of alkyl halides is 1. The fraction of sp³-hybridized carbons (Fsp3) is 0.333. The molecule has 3 aromatic rings. The maximum Gasteiger partial charge on any atom is 0.343 e. The van der Waals surface area contributed by atoms with E-state index in [1.54, 1.807) is 12.3 Å². The first-order chi connectivity index (χ1) is 13.6. The first-order valence-electron chi connectivity index (χ1n) is 8.80. The average Bonchev–Trinajstić information content (AvgIpc) is 3.34. The van der Waals surface area contributed by atoms with Crippen LogP contribution in [0.1, 0.15) is 34.8 Å². The molecule has 4 heterocycles. The average molecular weight is 406 g/mol. The number of aromatic nitrogens is 4. The number of halogens is 2. The van der Waals surface area contributed by atoms with E-state index in [1.165, 1.54) is 16.8 Å². The molecule has 1 N–H and O–H groups in total. The van der Waals surface area contributed by atoms with Crippen LogP contribution in [0.2, 0.25) is 0 Å². The molecule has 0 saturated carbocycles. The van der Waals surface area contributed by atoms with Crippen molar-refractivity contribution in [2.24, 2.45) is 0 Å². The predicted octanol–water partition coefficient (Wildman–Crippen LogP) is 2.29. The number of hydrogen-bond acceptors (Lipinski definition) is 6. The molecule has 28 heavy (non-hydrogen) atoms. The molecule has 0 unspecified atom stereocenters. The summed E-state index contributed by atoms with van der Waals surface area (Å²) < 4.78 is 20.2. The zero-order valence-corrected chi connectivity index (χ0v) is 15.5. The third-order valence-electron chi connectivity index (χ3n) is 4.69. The van der Waals surface area contributed by atoms with Crippen molar-refractivity contribution in [2.45, 2.75) is 18.9 Å². The Kier molecular flexibility index (Phi) is 4.99. The highest BCUT2D eigenvalue weighted by Crippen LogP contribution is 2.34. The van der Waals surface area contributed by atoms with Gasteiger partial charge in [-0.05, 0) is 25.0 Å². The van der Waals surface area contributed by atoms with Crippen molar-refractivity contribution >= 4 is 29.0 Å². The monoisotopic (exact) mass is 405 g/mol. The number of ether oxygens (including phenoxy) is 1. The summed E-state index contributed by atoms with van der Waals surface area (Å²) in [5.41, 5.74) is 0.602. The van der Waals surface area contributed by atoms with Gasteiger partial charge >= 0.3 is 5.97 Å². The van der Waals surface area contributed by atoms with Crippen LogP contribution in [-0.2, 0) is 4.74 Å². The quantitative estimate of drug-likeness (QED) is 0.517. The number of hydrogen-bond donors (Lipinski definition) is 1. The Bertz CT molecular complexity index is 1080. The second-order valence-corrected chi connectivity index (χ2v) is 6.77. The number of fused-ring (bicyclic) bond motifs is 1. The summed E-state index contributed by atoms with van der Waals surface area (Å²) >= 11 is 5.56. The Morgan fingerprint density at radius 1 is 1.46 bits per heavy atom. The predicted molar refractivity (Wildman–Crippen MR) is 100 cm³/mol. The molecule has 10 heteroatoms.